The second kappa shape index (κ2) is 4.47. The highest BCUT2D eigenvalue weighted by Crippen LogP contribution is 2.30. The van der Waals surface area contributed by atoms with Gasteiger partial charge in [0.2, 0.25) is 0 Å². The first-order chi connectivity index (χ1) is 6.07. The Kier molecular flexibility index (Phi) is 3.81. The second-order valence-electron chi connectivity index (χ2n) is 2.29. The number of hydrogen-bond acceptors (Lipinski definition) is 2. The van der Waals surface area contributed by atoms with Crippen molar-refractivity contribution in [3.63, 3.8) is 0 Å². The van der Waals surface area contributed by atoms with Crippen LogP contribution in [0, 0.1) is 3.57 Å². The molecule has 0 saturated heterocycles. The van der Waals surface area contributed by atoms with Gasteiger partial charge in [0.05, 0.1) is 0 Å². The molecule has 0 aliphatic rings. The van der Waals surface area contributed by atoms with Gasteiger partial charge in [-0.3, -0.25) is 0 Å². The number of pyridine rings is 1. The van der Waals surface area contributed by atoms with E-state index in [9.17, 15) is 8.78 Å². The van der Waals surface area contributed by atoms with Crippen molar-refractivity contribution in [2.24, 2.45) is 5.73 Å². The average molecular weight is 318 g/mol. The summed E-state index contributed by atoms with van der Waals surface area (Å²) in [5.41, 5.74) is 5.41. The van der Waals surface area contributed by atoms with Gasteiger partial charge >= 0.3 is 0 Å². The number of nitrogens with two attached hydrogens (primary N) is 1. The highest BCUT2D eigenvalue weighted by molar-refractivity contribution is 14.1. The summed E-state index contributed by atoms with van der Waals surface area (Å²) in [7, 11) is 0. The van der Waals surface area contributed by atoms with Crippen molar-refractivity contribution in [1.29, 1.82) is 0 Å². The van der Waals surface area contributed by atoms with Crippen molar-refractivity contribution in [2.75, 3.05) is 0 Å². The standard InChI is InChI=1S/C7H6ClF2IN2/c8-6-3(1-12)5(7(9)10)4(11)2-13-6/h2,7H,1,12H2. The SMILES string of the molecule is NCc1c(Cl)ncc(I)c1C(F)F. The molecule has 0 spiro atoms. The molecule has 0 aromatic carbocycles. The molecular formula is C7H6ClF2IN2. The molecule has 72 valence electrons. The molecule has 0 amide bonds. The minimum absolute atomic E-state index is 0.0254. The molecule has 0 saturated carbocycles. The van der Waals surface area contributed by atoms with Crippen LogP contribution >= 0.6 is 34.2 Å². The van der Waals surface area contributed by atoms with Crippen LogP contribution < -0.4 is 5.73 Å². The Hall–Kier alpha value is -0.0100. The molecule has 1 heterocycles. The highest BCUT2D eigenvalue weighted by Gasteiger charge is 2.18. The minimum Gasteiger partial charge on any atom is -0.326 e. The van der Waals surface area contributed by atoms with E-state index in [1.165, 1.54) is 6.20 Å². The van der Waals surface area contributed by atoms with Crippen LogP contribution in [0.2, 0.25) is 5.15 Å². The summed E-state index contributed by atoms with van der Waals surface area (Å²) >= 11 is 7.40. The van der Waals surface area contributed by atoms with Crippen LogP contribution in [-0.2, 0) is 6.54 Å². The molecular weight excluding hydrogens is 312 g/mol. The summed E-state index contributed by atoms with van der Waals surface area (Å²) in [6, 6.07) is 0. The Morgan fingerprint density at radius 1 is 1.62 bits per heavy atom. The van der Waals surface area contributed by atoms with Crippen molar-refractivity contribution < 1.29 is 8.78 Å². The first-order valence-electron chi connectivity index (χ1n) is 3.39. The molecule has 6 heteroatoms. The fourth-order valence-corrected chi connectivity index (χ4v) is 1.87. The molecule has 13 heavy (non-hydrogen) atoms. The van der Waals surface area contributed by atoms with Crippen molar-refractivity contribution in [2.45, 2.75) is 13.0 Å². The molecule has 0 unspecified atom stereocenters. The summed E-state index contributed by atoms with van der Waals surface area (Å²) in [5.74, 6) is 0. The third-order valence-electron chi connectivity index (χ3n) is 1.55. The molecule has 0 atom stereocenters. The fraction of sp³-hybridized carbons (Fsp3) is 0.286. The number of halogens is 4. The Bertz CT molecular complexity index is 320. The molecule has 2 nitrogen and oxygen atoms in total. The van der Waals surface area contributed by atoms with Gasteiger partial charge in [-0.15, -0.1) is 0 Å². The predicted octanol–water partition coefficient (Wildman–Crippen LogP) is 2.74. The molecule has 0 fully saturated rings. The van der Waals surface area contributed by atoms with E-state index in [1.807, 2.05) is 0 Å². The molecule has 0 radical (unpaired) electrons. The van der Waals surface area contributed by atoms with Crippen LogP contribution in [0.25, 0.3) is 0 Å². The quantitative estimate of drug-likeness (QED) is 0.673. The van der Waals surface area contributed by atoms with E-state index >= 15 is 0 Å². The van der Waals surface area contributed by atoms with Crippen LogP contribution in [0.3, 0.4) is 0 Å². The van der Waals surface area contributed by atoms with Gasteiger partial charge in [-0.25, -0.2) is 13.8 Å². The molecule has 0 aliphatic heterocycles. The van der Waals surface area contributed by atoms with Gasteiger partial charge < -0.3 is 5.73 Å². The number of hydrogen-bond donors (Lipinski definition) is 1. The lowest BCUT2D eigenvalue weighted by Gasteiger charge is -2.09. The largest absolute Gasteiger partial charge is 0.326 e. The van der Waals surface area contributed by atoms with Gasteiger partial charge in [-0.2, -0.15) is 0 Å². The normalized spacial score (nSPS) is 10.9. The summed E-state index contributed by atoms with van der Waals surface area (Å²) < 4.78 is 25.4. The van der Waals surface area contributed by atoms with E-state index in [1.54, 1.807) is 22.6 Å². The van der Waals surface area contributed by atoms with E-state index in [2.05, 4.69) is 4.98 Å². The minimum atomic E-state index is -2.56. The van der Waals surface area contributed by atoms with E-state index in [4.69, 9.17) is 17.3 Å². The zero-order valence-corrected chi connectivity index (χ0v) is 9.31. The molecule has 1 aromatic rings. The van der Waals surface area contributed by atoms with Gasteiger partial charge in [0.25, 0.3) is 6.43 Å². The predicted molar refractivity (Wildman–Crippen MR) is 54.8 cm³/mol. The summed E-state index contributed by atoms with van der Waals surface area (Å²) in [5, 5.41) is 0.0539. The van der Waals surface area contributed by atoms with E-state index in [0.29, 0.717) is 3.57 Å². The van der Waals surface area contributed by atoms with Crippen LogP contribution in [0.1, 0.15) is 17.6 Å². The van der Waals surface area contributed by atoms with Crippen molar-refractivity contribution in [3.05, 3.63) is 26.0 Å². The first-order valence-corrected chi connectivity index (χ1v) is 4.84. The zero-order chi connectivity index (χ0) is 10.0. The van der Waals surface area contributed by atoms with Gasteiger partial charge in [-0.05, 0) is 22.6 Å². The van der Waals surface area contributed by atoms with Crippen molar-refractivity contribution in [1.82, 2.24) is 4.98 Å². The van der Waals surface area contributed by atoms with Crippen molar-refractivity contribution in [3.8, 4) is 0 Å². The number of alkyl halides is 2. The van der Waals surface area contributed by atoms with E-state index in [0.717, 1.165) is 0 Å². The average Bonchev–Trinajstić information content (AvgIpc) is 2.07. The fourth-order valence-electron chi connectivity index (χ4n) is 0.946. The first kappa shape index (κ1) is 11.1. The van der Waals surface area contributed by atoms with E-state index < -0.39 is 6.43 Å². The van der Waals surface area contributed by atoms with Gasteiger partial charge in [0, 0.05) is 27.4 Å². The third-order valence-corrected chi connectivity index (χ3v) is 2.73. The third kappa shape index (κ3) is 2.26. The van der Waals surface area contributed by atoms with Crippen LogP contribution in [0.4, 0.5) is 8.78 Å². The Morgan fingerprint density at radius 2 is 2.23 bits per heavy atom. The number of rotatable bonds is 2. The molecule has 1 aromatic heterocycles. The lowest BCUT2D eigenvalue weighted by atomic mass is 10.1. The number of nitrogens with zero attached hydrogens (tertiary/aromatic N) is 1. The molecule has 2 N–H and O–H groups in total. The Balaban J connectivity index is 3.35. The van der Waals surface area contributed by atoms with Crippen LogP contribution in [-0.4, -0.2) is 4.98 Å². The van der Waals surface area contributed by atoms with Crippen LogP contribution in [0.5, 0.6) is 0 Å². The lowest BCUT2D eigenvalue weighted by Crippen LogP contribution is -2.06. The second-order valence-corrected chi connectivity index (χ2v) is 3.81. The highest BCUT2D eigenvalue weighted by atomic mass is 127. The maximum absolute atomic E-state index is 12.5. The maximum Gasteiger partial charge on any atom is 0.265 e. The molecule has 0 aliphatic carbocycles. The van der Waals surface area contributed by atoms with Gasteiger partial charge in [-0.1, -0.05) is 11.6 Å². The molecule has 1 rings (SSSR count). The summed E-state index contributed by atoms with van der Waals surface area (Å²) in [6.07, 6.45) is -1.25. The lowest BCUT2D eigenvalue weighted by molar-refractivity contribution is 0.149. The summed E-state index contributed by atoms with van der Waals surface area (Å²) in [6.45, 7) is -0.0254. The number of aromatic nitrogens is 1. The summed E-state index contributed by atoms with van der Waals surface area (Å²) in [4.78, 5) is 3.74. The monoisotopic (exact) mass is 318 g/mol. The van der Waals surface area contributed by atoms with Crippen LogP contribution in [0.15, 0.2) is 6.20 Å². The Labute approximate surface area is 92.6 Å². The zero-order valence-electron chi connectivity index (χ0n) is 6.40. The van der Waals surface area contributed by atoms with E-state index in [-0.39, 0.29) is 22.8 Å². The van der Waals surface area contributed by atoms with Gasteiger partial charge in [0.1, 0.15) is 5.15 Å². The van der Waals surface area contributed by atoms with Gasteiger partial charge in [0.15, 0.2) is 0 Å². The smallest absolute Gasteiger partial charge is 0.265 e. The topological polar surface area (TPSA) is 38.9 Å². The maximum atomic E-state index is 12.5. The Morgan fingerprint density at radius 3 is 2.62 bits per heavy atom. The van der Waals surface area contributed by atoms with Crippen molar-refractivity contribution >= 4 is 34.2 Å². The molecule has 0 bridgehead atoms.